The quantitative estimate of drug-likeness (QED) is 0.818. The summed E-state index contributed by atoms with van der Waals surface area (Å²) in [5.41, 5.74) is 1.47. The van der Waals surface area contributed by atoms with E-state index in [9.17, 15) is 8.42 Å². The molecule has 120 valence electrons. The molecule has 1 N–H and O–H groups in total. The van der Waals surface area contributed by atoms with Crippen LogP contribution in [-0.2, 0) is 16.4 Å². The summed E-state index contributed by atoms with van der Waals surface area (Å²) in [5.74, 6) is 0. The number of unbranched alkanes of at least 4 members (excludes halogenated alkanes) is 2. The molecule has 0 aliphatic carbocycles. The van der Waals surface area contributed by atoms with Crippen LogP contribution in [0.25, 0.3) is 0 Å². The lowest BCUT2D eigenvalue weighted by atomic mass is 10.1. The fourth-order valence-electron chi connectivity index (χ4n) is 1.94. The topological polar surface area (TPSA) is 46.2 Å². The van der Waals surface area contributed by atoms with Crippen molar-refractivity contribution < 1.29 is 8.42 Å². The van der Waals surface area contributed by atoms with Crippen molar-refractivity contribution in [2.75, 3.05) is 7.05 Å². The minimum absolute atomic E-state index is 0.294. The van der Waals surface area contributed by atoms with Crippen LogP contribution < -0.4 is 4.72 Å². The maximum absolute atomic E-state index is 11.1. The van der Waals surface area contributed by atoms with Crippen LogP contribution in [0.1, 0.15) is 31.7 Å². The summed E-state index contributed by atoms with van der Waals surface area (Å²) in [5, 5.41) is 0. The number of nitrogens with one attached hydrogen (secondary N) is 1. The predicted octanol–water partition coefficient (Wildman–Crippen LogP) is 4.01. The van der Waals surface area contributed by atoms with Gasteiger partial charge in [0.15, 0.2) is 0 Å². The first-order valence-electron chi connectivity index (χ1n) is 7.62. The zero-order valence-corrected chi connectivity index (χ0v) is 14.1. The summed E-state index contributed by atoms with van der Waals surface area (Å²) in [6.07, 6.45) is 5.25. The number of aryl methyl sites for hydroxylation is 1. The molecule has 4 heteroatoms. The molecule has 2 aromatic carbocycles. The molecule has 0 spiro atoms. The molecule has 2 rings (SSSR count). The molecule has 2 aromatic rings. The second kappa shape index (κ2) is 10.1. The Labute approximate surface area is 134 Å². The Morgan fingerprint density at radius 3 is 1.91 bits per heavy atom. The SMILES string of the molecule is CCCCCc1ccccc1.CNS(=O)(=O)c1ccccc1. The van der Waals surface area contributed by atoms with Crippen LogP contribution in [-0.4, -0.2) is 15.5 Å². The lowest BCUT2D eigenvalue weighted by Gasteiger charge is -1.99. The van der Waals surface area contributed by atoms with Gasteiger partial charge in [0.2, 0.25) is 10.0 Å². The lowest BCUT2D eigenvalue weighted by Crippen LogP contribution is -2.18. The molecule has 0 saturated heterocycles. The van der Waals surface area contributed by atoms with Gasteiger partial charge < -0.3 is 0 Å². The van der Waals surface area contributed by atoms with Crippen LogP contribution in [0.5, 0.6) is 0 Å². The third kappa shape index (κ3) is 6.87. The van der Waals surface area contributed by atoms with Crippen molar-refractivity contribution in [1.82, 2.24) is 4.72 Å². The van der Waals surface area contributed by atoms with Crippen molar-refractivity contribution in [1.29, 1.82) is 0 Å². The lowest BCUT2D eigenvalue weighted by molar-refractivity contribution is 0.588. The molecule has 0 aromatic heterocycles. The van der Waals surface area contributed by atoms with Gasteiger partial charge in [0, 0.05) is 0 Å². The maximum Gasteiger partial charge on any atom is 0.240 e. The summed E-state index contributed by atoms with van der Waals surface area (Å²) in [7, 11) is -1.86. The zero-order chi connectivity index (χ0) is 16.3. The van der Waals surface area contributed by atoms with Gasteiger partial charge in [-0.1, -0.05) is 68.3 Å². The van der Waals surface area contributed by atoms with Gasteiger partial charge in [-0.05, 0) is 37.6 Å². The number of hydrogen-bond acceptors (Lipinski definition) is 2. The Morgan fingerprint density at radius 2 is 1.41 bits per heavy atom. The van der Waals surface area contributed by atoms with Crippen molar-refractivity contribution in [2.45, 2.75) is 37.5 Å². The monoisotopic (exact) mass is 319 g/mol. The first-order valence-corrected chi connectivity index (χ1v) is 9.11. The van der Waals surface area contributed by atoms with Gasteiger partial charge in [0.05, 0.1) is 4.90 Å². The standard InChI is InChI=1S/C11H16.C7H9NO2S/c1-2-3-5-8-11-9-6-4-7-10-11;1-8-11(9,10)7-5-3-2-4-6-7/h4,6-7,9-10H,2-3,5,8H2,1H3;2-6,8H,1H3. The highest BCUT2D eigenvalue weighted by Crippen LogP contribution is 2.06. The smallest absolute Gasteiger partial charge is 0.214 e. The summed E-state index contributed by atoms with van der Waals surface area (Å²) >= 11 is 0. The maximum atomic E-state index is 11.1. The van der Waals surface area contributed by atoms with Gasteiger partial charge in [0.1, 0.15) is 0 Å². The van der Waals surface area contributed by atoms with E-state index < -0.39 is 10.0 Å². The van der Waals surface area contributed by atoms with Crippen LogP contribution in [0, 0.1) is 0 Å². The van der Waals surface area contributed by atoms with Crippen LogP contribution >= 0.6 is 0 Å². The van der Waals surface area contributed by atoms with Crippen LogP contribution in [0.3, 0.4) is 0 Å². The largest absolute Gasteiger partial charge is 0.240 e. The van der Waals surface area contributed by atoms with E-state index in [1.165, 1.54) is 38.3 Å². The van der Waals surface area contributed by atoms with E-state index in [-0.39, 0.29) is 0 Å². The van der Waals surface area contributed by atoms with Gasteiger partial charge in [-0.2, -0.15) is 0 Å². The third-order valence-corrected chi connectivity index (χ3v) is 4.66. The second-order valence-electron chi connectivity index (χ2n) is 4.96. The molecule has 22 heavy (non-hydrogen) atoms. The highest BCUT2D eigenvalue weighted by Gasteiger charge is 2.08. The fourth-order valence-corrected chi connectivity index (χ4v) is 2.69. The molecule has 3 nitrogen and oxygen atoms in total. The molecule has 0 atom stereocenters. The molecule has 0 radical (unpaired) electrons. The minimum Gasteiger partial charge on any atom is -0.214 e. The van der Waals surface area contributed by atoms with Gasteiger partial charge in [-0.15, -0.1) is 0 Å². The van der Waals surface area contributed by atoms with Crippen molar-refractivity contribution in [2.24, 2.45) is 0 Å². The molecule has 0 heterocycles. The Hall–Kier alpha value is -1.65. The highest BCUT2D eigenvalue weighted by molar-refractivity contribution is 7.89. The van der Waals surface area contributed by atoms with Crippen molar-refractivity contribution in [3.63, 3.8) is 0 Å². The van der Waals surface area contributed by atoms with Gasteiger partial charge in [0.25, 0.3) is 0 Å². The molecule has 0 bridgehead atoms. The fraction of sp³-hybridized carbons (Fsp3) is 0.333. The van der Waals surface area contributed by atoms with Crippen LogP contribution in [0.15, 0.2) is 65.6 Å². The first kappa shape index (κ1) is 18.4. The van der Waals surface area contributed by atoms with E-state index in [0.717, 1.165) is 0 Å². The Bertz CT molecular complexity index is 610. The molecule has 0 aliphatic heterocycles. The zero-order valence-electron chi connectivity index (χ0n) is 13.3. The average Bonchev–Trinajstić information content (AvgIpc) is 2.57. The molecular weight excluding hydrogens is 294 g/mol. The van der Waals surface area contributed by atoms with E-state index in [0.29, 0.717) is 4.90 Å². The molecule has 0 aliphatic rings. The molecule has 0 fully saturated rings. The van der Waals surface area contributed by atoms with Gasteiger partial charge in [-0.3, -0.25) is 0 Å². The van der Waals surface area contributed by atoms with E-state index in [1.807, 2.05) is 0 Å². The third-order valence-electron chi connectivity index (χ3n) is 3.23. The average molecular weight is 319 g/mol. The van der Waals surface area contributed by atoms with Crippen molar-refractivity contribution >= 4 is 10.0 Å². The number of rotatable bonds is 6. The summed E-state index contributed by atoms with van der Waals surface area (Å²) in [4.78, 5) is 0.294. The van der Waals surface area contributed by atoms with Crippen molar-refractivity contribution in [3.05, 3.63) is 66.2 Å². The molecule has 0 saturated carbocycles. The van der Waals surface area contributed by atoms with E-state index in [2.05, 4.69) is 42.0 Å². The summed E-state index contributed by atoms with van der Waals surface area (Å²) < 4.78 is 24.4. The Balaban J connectivity index is 0.000000220. The van der Waals surface area contributed by atoms with Gasteiger partial charge in [-0.25, -0.2) is 13.1 Å². The minimum atomic E-state index is -3.25. The van der Waals surface area contributed by atoms with E-state index in [4.69, 9.17) is 0 Å². The normalized spacial score (nSPS) is 10.6. The summed E-state index contributed by atoms with van der Waals surface area (Å²) in [6, 6.07) is 18.9. The Kier molecular flexibility index (Phi) is 8.48. The highest BCUT2D eigenvalue weighted by atomic mass is 32.2. The number of benzene rings is 2. The van der Waals surface area contributed by atoms with Crippen LogP contribution in [0.4, 0.5) is 0 Å². The number of hydrogen-bond donors (Lipinski definition) is 1. The van der Waals surface area contributed by atoms with Crippen molar-refractivity contribution in [3.8, 4) is 0 Å². The second-order valence-corrected chi connectivity index (χ2v) is 6.85. The van der Waals surface area contributed by atoms with Gasteiger partial charge >= 0.3 is 0 Å². The van der Waals surface area contributed by atoms with E-state index >= 15 is 0 Å². The molecule has 0 unspecified atom stereocenters. The van der Waals surface area contributed by atoms with Crippen LogP contribution in [0.2, 0.25) is 0 Å². The first-order chi connectivity index (χ1) is 10.6. The molecular formula is C18H25NO2S. The molecule has 0 amide bonds. The predicted molar refractivity (Wildman–Crippen MR) is 92.4 cm³/mol. The number of sulfonamides is 1. The summed E-state index contributed by atoms with van der Waals surface area (Å²) in [6.45, 7) is 2.24. The Morgan fingerprint density at radius 1 is 0.864 bits per heavy atom. The van der Waals surface area contributed by atoms with E-state index in [1.54, 1.807) is 30.3 Å².